The number of aryl methyl sites for hydroxylation is 1. The molecule has 21 heavy (non-hydrogen) atoms. The summed E-state index contributed by atoms with van der Waals surface area (Å²) in [4.78, 5) is 6.78. The van der Waals surface area contributed by atoms with Crippen molar-refractivity contribution in [1.82, 2.24) is 4.98 Å². The molecule has 0 atom stereocenters. The monoisotopic (exact) mass is 279 g/mol. The summed E-state index contributed by atoms with van der Waals surface area (Å²) in [7, 11) is 0. The lowest BCUT2D eigenvalue weighted by atomic mass is 10.0. The van der Waals surface area contributed by atoms with Gasteiger partial charge in [-0.2, -0.15) is 4.98 Å². The Hall–Kier alpha value is -2.49. The van der Waals surface area contributed by atoms with Crippen LogP contribution >= 0.6 is 0 Å². The Balaban J connectivity index is 1.73. The van der Waals surface area contributed by atoms with Gasteiger partial charge in [0.15, 0.2) is 5.58 Å². The Morgan fingerprint density at radius 2 is 1.90 bits per heavy atom. The molecular formula is C17H17N3O. The fraction of sp³-hybridized carbons (Fsp3) is 0.235. The lowest BCUT2D eigenvalue weighted by Gasteiger charge is -2.18. The number of fused-ring (bicyclic) bond motifs is 2. The number of rotatable bonds is 1. The van der Waals surface area contributed by atoms with E-state index in [1.807, 2.05) is 18.2 Å². The van der Waals surface area contributed by atoms with Crippen molar-refractivity contribution >= 4 is 22.8 Å². The molecule has 2 aromatic carbocycles. The first-order valence-corrected chi connectivity index (χ1v) is 7.28. The molecule has 0 saturated carbocycles. The van der Waals surface area contributed by atoms with Crippen LogP contribution in [0.2, 0.25) is 0 Å². The molecule has 4 heteroatoms. The molecule has 0 fully saturated rings. The van der Waals surface area contributed by atoms with Crippen LogP contribution in [-0.2, 0) is 13.0 Å². The Bertz CT molecular complexity index is 794. The molecule has 0 saturated heterocycles. The molecule has 2 heterocycles. The molecule has 0 unspecified atom stereocenters. The van der Waals surface area contributed by atoms with Crippen molar-refractivity contribution in [3.05, 3.63) is 53.6 Å². The van der Waals surface area contributed by atoms with E-state index in [0.717, 1.165) is 37.0 Å². The van der Waals surface area contributed by atoms with Crippen LogP contribution in [0.1, 0.15) is 17.5 Å². The highest BCUT2D eigenvalue weighted by atomic mass is 16.4. The summed E-state index contributed by atoms with van der Waals surface area (Å²) in [6.07, 6.45) is 2.21. The number of benzene rings is 2. The van der Waals surface area contributed by atoms with Gasteiger partial charge in [-0.25, -0.2) is 0 Å². The zero-order valence-corrected chi connectivity index (χ0v) is 11.7. The first kappa shape index (κ1) is 12.3. The summed E-state index contributed by atoms with van der Waals surface area (Å²) in [5, 5.41) is 0. The first-order chi connectivity index (χ1) is 10.3. The molecule has 1 aliphatic heterocycles. The second kappa shape index (κ2) is 4.81. The van der Waals surface area contributed by atoms with E-state index in [4.69, 9.17) is 10.2 Å². The van der Waals surface area contributed by atoms with Crippen LogP contribution in [0.25, 0.3) is 11.1 Å². The maximum atomic E-state index is 5.97. The molecule has 0 radical (unpaired) electrons. The van der Waals surface area contributed by atoms with E-state index < -0.39 is 0 Å². The Morgan fingerprint density at radius 3 is 2.76 bits per heavy atom. The number of anilines is 2. The minimum atomic E-state index is 0.665. The lowest BCUT2D eigenvalue weighted by Crippen LogP contribution is -2.22. The third kappa shape index (κ3) is 2.13. The van der Waals surface area contributed by atoms with E-state index in [-0.39, 0.29) is 0 Å². The maximum absolute atomic E-state index is 5.97. The second-order valence-corrected chi connectivity index (χ2v) is 5.48. The summed E-state index contributed by atoms with van der Waals surface area (Å²) in [6.45, 7) is 1.78. The molecule has 3 aromatic rings. The molecular weight excluding hydrogens is 262 g/mol. The molecule has 0 spiro atoms. The average Bonchev–Trinajstić information content (AvgIpc) is 2.82. The van der Waals surface area contributed by atoms with Crippen molar-refractivity contribution in [2.24, 2.45) is 0 Å². The van der Waals surface area contributed by atoms with Gasteiger partial charge in [0.2, 0.25) is 0 Å². The van der Waals surface area contributed by atoms with Crippen LogP contribution in [0.15, 0.2) is 46.9 Å². The lowest BCUT2D eigenvalue weighted by molar-refractivity contribution is 0.563. The van der Waals surface area contributed by atoms with Crippen molar-refractivity contribution in [1.29, 1.82) is 0 Å². The van der Waals surface area contributed by atoms with E-state index in [0.29, 0.717) is 11.7 Å². The van der Waals surface area contributed by atoms with Gasteiger partial charge in [0, 0.05) is 13.1 Å². The standard InChI is InChI=1S/C17H17N3O/c18-14-8-3-9-15-16(14)19-17(21-15)20-10-4-7-12-5-1-2-6-13(12)11-20/h1-3,5-6,8-9H,4,7,10-11,18H2. The predicted octanol–water partition coefficient (Wildman–Crippen LogP) is 3.36. The topological polar surface area (TPSA) is 55.3 Å². The van der Waals surface area contributed by atoms with Crippen LogP contribution in [0, 0.1) is 0 Å². The number of nitrogens with two attached hydrogens (primary N) is 1. The van der Waals surface area contributed by atoms with Gasteiger partial charge in [-0.3, -0.25) is 0 Å². The summed E-state index contributed by atoms with van der Waals surface area (Å²) < 4.78 is 5.89. The zero-order valence-electron chi connectivity index (χ0n) is 11.7. The summed E-state index contributed by atoms with van der Waals surface area (Å²) >= 11 is 0. The minimum absolute atomic E-state index is 0.665. The molecule has 4 rings (SSSR count). The summed E-state index contributed by atoms with van der Waals surface area (Å²) in [6, 6.07) is 14.9. The van der Waals surface area contributed by atoms with E-state index in [1.165, 1.54) is 11.1 Å². The smallest absolute Gasteiger partial charge is 0.298 e. The third-order valence-corrected chi connectivity index (χ3v) is 4.06. The van der Waals surface area contributed by atoms with Crippen molar-refractivity contribution in [3.8, 4) is 0 Å². The third-order valence-electron chi connectivity index (χ3n) is 4.06. The first-order valence-electron chi connectivity index (χ1n) is 7.28. The molecule has 106 valence electrons. The highest BCUT2D eigenvalue weighted by molar-refractivity contribution is 5.86. The van der Waals surface area contributed by atoms with Crippen molar-refractivity contribution < 1.29 is 4.42 Å². The number of hydrogen-bond acceptors (Lipinski definition) is 4. The maximum Gasteiger partial charge on any atom is 0.298 e. The van der Waals surface area contributed by atoms with Crippen molar-refractivity contribution in [2.75, 3.05) is 17.2 Å². The molecule has 0 bridgehead atoms. The Morgan fingerprint density at radius 1 is 1.05 bits per heavy atom. The number of oxazole rings is 1. The molecule has 1 aromatic heterocycles. The number of hydrogen-bond donors (Lipinski definition) is 1. The van der Waals surface area contributed by atoms with Gasteiger partial charge in [0.25, 0.3) is 6.01 Å². The van der Waals surface area contributed by atoms with E-state index >= 15 is 0 Å². The van der Waals surface area contributed by atoms with Crippen LogP contribution in [0.4, 0.5) is 11.7 Å². The minimum Gasteiger partial charge on any atom is -0.423 e. The van der Waals surface area contributed by atoms with Gasteiger partial charge >= 0.3 is 0 Å². The van der Waals surface area contributed by atoms with Gasteiger partial charge < -0.3 is 15.1 Å². The summed E-state index contributed by atoms with van der Waals surface area (Å²) in [5.41, 5.74) is 10.9. The largest absolute Gasteiger partial charge is 0.423 e. The molecule has 4 nitrogen and oxygen atoms in total. The van der Waals surface area contributed by atoms with E-state index in [9.17, 15) is 0 Å². The van der Waals surface area contributed by atoms with Crippen LogP contribution in [0.5, 0.6) is 0 Å². The molecule has 0 amide bonds. The Kier molecular flexibility index (Phi) is 2.81. The molecule has 0 aliphatic carbocycles. The van der Waals surface area contributed by atoms with Gasteiger partial charge in [-0.1, -0.05) is 30.3 Å². The van der Waals surface area contributed by atoms with Crippen LogP contribution in [0.3, 0.4) is 0 Å². The number of aromatic nitrogens is 1. The highest BCUT2D eigenvalue weighted by Crippen LogP contribution is 2.28. The summed E-state index contributed by atoms with van der Waals surface area (Å²) in [5.74, 6) is 0. The SMILES string of the molecule is Nc1cccc2oc(N3CCCc4ccccc4C3)nc12. The van der Waals surface area contributed by atoms with E-state index in [2.05, 4.69) is 34.1 Å². The average molecular weight is 279 g/mol. The fourth-order valence-electron chi connectivity index (χ4n) is 2.96. The van der Waals surface area contributed by atoms with Gasteiger partial charge in [-0.15, -0.1) is 0 Å². The van der Waals surface area contributed by atoms with E-state index in [1.54, 1.807) is 0 Å². The quantitative estimate of drug-likeness (QED) is 0.694. The van der Waals surface area contributed by atoms with Crippen molar-refractivity contribution in [2.45, 2.75) is 19.4 Å². The van der Waals surface area contributed by atoms with Crippen molar-refractivity contribution in [3.63, 3.8) is 0 Å². The fourth-order valence-corrected chi connectivity index (χ4v) is 2.96. The predicted molar refractivity (Wildman–Crippen MR) is 84.2 cm³/mol. The number of nitrogens with zero attached hydrogens (tertiary/aromatic N) is 2. The normalized spacial score (nSPS) is 15.0. The molecule has 1 aliphatic rings. The van der Waals surface area contributed by atoms with Crippen LogP contribution in [-0.4, -0.2) is 11.5 Å². The number of nitrogen functional groups attached to an aromatic ring is 1. The van der Waals surface area contributed by atoms with Crippen LogP contribution < -0.4 is 10.6 Å². The zero-order chi connectivity index (χ0) is 14.2. The Labute approximate surface area is 123 Å². The van der Waals surface area contributed by atoms with Gasteiger partial charge in [0.1, 0.15) is 5.52 Å². The molecule has 2 N–H and O–H groups in total. The highest BCUT2D eigenvalue weighted by Gasteiger charge is 2.19. The second-order valence-electron chi connectivity index (χ2n) is 5.48. The van der Waals surface area contributed by atoms with Gasteiger partial charge in [-0.05, 0) is 36.1 Å². The number of para-hydroxylation sites is 1. The van der Waals surface area contributed by atoms with Gasteiger partial charge in [0.05, 0.1) is 5.69 Å².